The number of aryl methyl sites for hydroxylation is 1. The van der Waals surface area contributed by atoms with Gasteiger partial charge in [-0.15, -0.1) is 10.2 Å². The first-order chi connectivity index (χ1) is 14.8. The number of sulfonamides is 1. The molecule has 162 valence electrons. The summed E-state index contributed by atoms with van der Waals surface area (Å²) in [5.41, 5.74) is 1.84. The van der Waals surface area contributed by atoms with Crippen LogP contribution in [0.15, 0.2) is 52.9 Å². The van der Waals surface area contributed by atoms with Gasteiger partial charge >= 0.3 is 0 Å². The summed E-state index contributed by atoms with van der Waals surface area (Å²) >= 11 is 0.803. The Labute approximate surface area is 183 Å². The lowest BCUT2D eigenvalue weighted by atomic mass is 10.1. The number of carbonyl (C=O) groups excluding carboxylic acids is 1. The number of hydrogen-bond donors (Lipinski definition) is 1. The number of halogens is 1. The molecule has 3 aromatic rings. The van der Waals surface area contributed by atoms with E-state index in [1.54, 1.807) is 36.4 Å². The molecule has 1 N–H and O–H groups in total. The van der Waals surface area contributed by atoms with E-state index >= 15 is 0 Å². The highest BCUT2D eigenvalue weighted by atomic mass is 32.2. The average Bonchev–Trinajstić information content (AvgIpc) is 3.23. The van der Waals surface area contributed by atoms with Gasteiger partial charge in [-0.2, -0.15) is 4.31 Å². The molecule has 1 saturated heterocycles. The summed E-state index contributed by atoms with van der Waals surface area (Å²) in [6.45, 7) is 2.98. The van der Waals surface area contributed by atoms with Crippen molar-refractivity contribution in [3.63, 3.8) is 0 Å². The zero-order valence-electron chi connectivity index (χ0n) is 16.7. The van der Waals surface area contributed by atoms with Crippen molar-refractivity contribution in [1.29, 1.82) is 0 Å². The second-order valence-corrected chi connectivity index (χ2v) is 10.1. The molecule has 0 bridgehead atoms. The minimum absolute atomic E-state index is 0.107. The zero-order chi connectivity index (χ0) is 22.0. The number of carbonyl (C=O) groups is 1. The summed E-state index contributed by atoms with van der Waals surface area (Å²) in [5.74, 6) is -0.723. The maximum atomic E-state index is 14.0. The van der Waals surface area contributed by atoms with Gasteiger partial charge in [0.1, 0.15) is 5.82 Å². The SMILES string of the molecule is Cc1cccc(C(=O)Nc2nnc(S(=O)(=O)N3CCN(c4ccccc4F)CC3)s2)c1. The van der Waals surface area contributed by atoms with Gasteiger partial charge in [-0.3, -0.25) is 10.1 Å². The first-order valence-corrected chi connectivity index (χ1v) is 11.8. The van der Waals surface area contributed by atoms with Crippen molar-refractivity contribution < 1.29 is 17.6 Å². The fourth-order valence-electron chi connectivity index (χ4n) is 3.31. The average molecular weight is 462 g/mol. The normalized spacial score (nSPS) is 15.1. The van der Waals surface area contributed by atoms with E-state index in [0.29, 0.717) is 24.3 Å². The molecule has 8 nitrogen and oxygen atoms in total. The van der Waals surface area contributed by atoms with Crippen LogP contribution < -0.4 is 10.2 Å². The lowest BCUT2D eigenvalue weighted by molar-refractivity contribution is 0.102. The third-order valence-electron chi connectivity index (χ3n) is 4.90. The van der Waals surface area contributed by atoms with Crippen LogP contribution in [0.1, 0.15) is 15.9 Å². The number of piperazine rings is 1. The van der Waals surface area contributed by atoms with Crippen LogP contribution in [0.25, 0.3) is 0 Å². The summed E-state index contributed by atoms with van der Waals surface area (Å²) in [6.07, 6.45) is 0. The highest BCUT2D eigenvalue weighted by molar-refractivity contribution is 7.91. The van der Waals surface area contributed by atoms with Crippen molar-refractivity contribution in [3.05, 3.63) is 65.5 Å². The monoisotopic (exact) mass is 461 g/mol. The number of hydrogen-bond acceptors (Lipinski definition) is 7. The van der Waals surface area contributed by atoms with Gasteiger partial charge in [-0.25, -0.2) is 12.8 Å². The van der Waals surface area contributed by atoms with E-state index in [2.05, 4.69) is 15.5 Å². The number of nitrogens with zero attached hydrogens (tertiary/aromatic N) is 4. The third kappa shape index (κ3) is 4.58. The summed E-state index contributed by atoms with van der Waals surface area (Å²) in [5, 5.41) is 10.3. The maximum Gasteiger partial charge on any atom is 0.272 e. The Morgan fingerprint density at radius 3 is 2.52 bits per heavy atom. The maximum absolute atomic E-state index is 14.0. The molecule has 11 heteroatoms. The molecule has 1 aliphatic heterocycles. The lowest BCUT2D eigenvalue weighted by Gasteiger charge is -2.34. The number of nitrogens with one attached hydrogen (secondary N) is 1. The van der Waals surface area contributed by atoms with E-state index < -0.39 is 10.0 Å². The summed E-state index contributed by atoms with van der Waals surface area (Å²) < 4.78 is 41.0. The molecule has 0 saturated carbocycles. The Bertz CT molecular complexity index is 1210. The molecule has 0 atom stereocenters. The lowest BCUT2D eigenvalue weighted by Crippen LogP contribution is -2.48. The zero-order valence-corrected chi connectivity index (χ0v) is 18.3. The summed E-state index contributed by atoms with van der Waals surface area (Å²) in [7, 11) is -3.86. The highest BCUT2D eigenvalue weighted by Crippen LogP contribution is 2.26. The van der Waals surface area contributed by atoms with Crippen LogP contribution in [-0.4, -0.2) is 55.0 Å². The van der Waals surface area contributed by atoms with Gasteiger partial charge in [0.25, 0.3) is 15.9 Å². The van der Waals surface area contributed by atoms with Gasteiger partial charge in [0.15, 0.2) is 0 Å². The molecule has 1 amide bonds. The molecule has 0 unspecified atom stereocenters. The smallest absolute Gasteiger partial charge is 0.272 e. The molecule has 1 fully saturated rings. The molecule has 2 heterocycles. The molecule has 4 rings (SSSR count). The number of anilines is 2. The predicted molar refractivity (Wildman–Crippen MR) is 116 cm³/mol. The molecule has 31 heavy (non-hydrogen) atoms. The van der Waals surface area contributed by atoms with Gasteiger partial charge < -0.3 is 4.90 Å². The van der Waals surface area contributed by atoms with E-state index in [0.717, 1.165) is 16.9 Å². The topological polar surface area (TPSA) is 95.5 Å². The molecule has 0 spiro atoms. The first kappa shape index (κ1) is 21.3. The molecular formula is C20H20FN5O3S2. The van der Waals surface area contributed by atoms with Crippen molar-refractivity contribution in [3.8, 4) is 0 Å². The van der Waals surface area contributed by atoms with Gasteiger partial charge in [0.05, 0.1) is 5.69 Å². The Kier molecular flexibility index (Phi) is 5.99. The van der Waals surface area contributed by atoms with Crippen LogP contribution in [0.2, 0.25) is 0 Å². The van der Waals surface area contributed by atoms with E-state index in [4.69, 9.17) is 0 Å². The Balaban J connectivity index is 1.42. The first-order valence-electron chi connectivity index (χ1n) is 9.56. The molecular weight excluding hydrogens is 441 g/mol. The predicted octanol–water partition coefficient (Wildman–Crippen LogP) is 2.75. The highest BCUT2D eigenvalue weighted by Gasteiger charge is 2.32. The summed E-state index contributed by atoms with van der Waals surface area (Å²) in [4.78, 5) is 14.2. The van der Waals surface area contributed by atoms with Crippen LogP contribution in [-0.2, 0) is 10.0 Å². The fourth-order valence-corrected chi connectivity index (χ4v) is 5.76. The molecule has 1 aromatic heterocycles. The standard InChI is InChI=1S/C20H20FN5O3S2/c1-14-5-4-6-15(13-14)18(27)22-19-23-24-20(30-19)31(28,29)26-11-9-25(10-12-26)17-8-3-2-7-16(17)21/h2-8,13H,9-12H2,1H3,(H,22,23,27). The van der Waals surface area contributed by atoms with Crippen LogP contribution in [0.3, 0.4) is 0 Å². The van der Waals surface area contributed by atoms with Crippen LogP contribution in [0, 0.1) is 12.7 Å². The van der Waals surface area contributed by atoms with Gasteiger partial charge in [-0.1, -0.05) is 41.2 Å². The fraction of sp³-hybridized carbons (Fsp3) is 0.250. The Morgan fingerprint density at radius 1 is 1.06 bits per heavy atom. The number of rotatable bonds is 5. The Hall–Kier alpha value is -2.89. The van der Waals surface area contributed by atoms with Crippen molar-refractivity contribution in [1.82, 2.24) is 14.5 Å². The van der Waals surface area contributed by atoms with E-state index in [1.165, 1.54) is 10.4 Å². The second kappa shape index (κ2) is 8.69. The third-order valence-corrected chi connectivity index (χ3v) is 7.98. The minimum Gasteiger partial charge on any atom is -0.367 e. The molecule has 2 aromatic carbocycles. The van der Waals surface area contributed by atoms with Gasteiger partial charge in [0, 0.05) is 31.7 Å². The van der Waals surface area contributed by atoms with Crippen LogP contribution >= 0.6 is 11.3 Å². The van der Waals surface area contributed by atoms with Crippen LogP contribution in [0.4, 0.5) is 15.2 Å². The molecule has 0 radical (unpaired) electrons. The van der Waals surface area contributed by atoms with Crippen molar-refractivity contribution >= 4 is 38.1 Å². The number of benzene rings is 2. The number of aromatic nitrogens is 2. The minimum atomic E-state index is -3.86. The molecule has 0 aliphatic carbocycles. The largest absolute Gasteiger partial charge is 0.367 e. The van der Waals surface area contributed by atoms with Gasteiger partial charge in [0.2, 0.25) is 9.47 Å². The van der Waals surface area contributed by atoms with Crippen molar-refractivity contribution in [2.45, 2.75) is 11.3 Å². The Morgan fingerprint density at radius 2 is 1.81 bits per heavy atom. The van der Waals surface area contributed by atoms with Crippen molar-refractivity contribution in [2.24, 2.45) is 0 Å². The van der Waals surface area contributed by atoms with E-state index in [9.17, 15) is 17.6 Å². The van der Waals surface area contributed by atoms with E-state index in [-0.39, 0.29) is 34.3 Å². The van der Waals surface area contributed by atoms with Gasteiger partial charge in [-0.05, 0) is 31.2 Å². The van der Waals surface area contributed by atoms with Crippen LogP contribution in [0.5, 0.6) is 0 Å². The van der Waals surface area contributed by atoms with E-state index in [1.807, 2.05) is 17.9 Å². The quantitative estimate of drug-likeness (QED) is 0.587. The second-order valence-electron chi connectivity index (χ2n) is 7.04. The summed E-state index contributed by atoms with van der Waals surface area (Å²) in [6, 6.07) is 13.4. The number of para-hydroxylation sites is 1. The number of amides is 1. The molecule has 1 aliphatic rings. The van der Waals surface area contributed by atoms with Crippen molar-refractivity contribution in [2.75, 3.05) is 36.4 Å².